The van der Waals surface area contributed by atoms with Gasteiger partial charge in [0.15, 0.2) is 11.4 Å². The lowest BCUT2D eigenvalue weighted by atomic mass is 9.57. The standard InChI is InChI=1S/C29H29N3O9/c1-32(2)22-17-11-14-10-16-15(12-5-4-6-13(9-12)28(39)31-41-3)7-8-18(33)20(16)23(34)19(14)25(36)29(17,40)26(37)21(24(22)35)27(30)38/h4-9,14,17,22,33-34,37,40H,10-11H2,1-3H3,(H2,30,38)(H,31,39)/t14-,17-,22?,29-/m0/s1. The highest BCUT2D eigenvalue weighted by Gasteiger charge is 2.64. The zero-order valence-electron chi connectivity index (χ0n) is 22.5. The van der Waals surface area contributed by atoms with Crippen LogP contribution in [0.5, 0.6) is 5.75 Å². The molecule has 1 saturated carbocycles. The molecule has 1 unspecified atom stereocenters. The number of benzene rings is 2. The Labute approximate surface area is 234 Å². The molecule has 0 saturated heterocycles. The minimum atomic E-state index is -2.71. The number of phenols is 1. The van der Waals surface area contributed by atoms with Crippen LogP contribution in [0.15, 0.2) is 53.3 Å². The first-order valence-electron chi connectivity index (χ1n) is 12.8. The lowest BCUT2D eigenvalue weighted by molar-refractivity contribution is -0.153. The molecule has 2 aromatic carbocycles. The highest BCUT2D eigenvalue weighted by atomic mass is 16.6. The quantitative estimate of drug-likeness (QED) is 0.225. The number of aromatic hydroxyl groups is 1. The number of amides is 2. The molecule has 0 heterocycles. The number of likely N-dealkylation sites (N-methyl/N-ethyl adjacent to an activating group) is 1. The number of fused-ring (bicyclic) bond motifs is 3. The van der Waals surface area contributed by atoms with Crippen LogP contribution in [0.1, 0.15) is 27.9 Å². The van der Waals surface area contributed by atoms with Gasteiger partial charge in [0.25, 0.3) is 11.8 Å². The van der Waals surface area contributed by atoms with Crippen LogP contribution in [0.2, 0.25) is 0 Å². The average Bonchev–Trinajstić information content (AvgIpc) is 2.90. The molecule has 214 valence electrons. The Balaban J connectivity index is 1.70. The molecule has 7 N–H and O–H groups in total. The zero-order valence-corrected chi connectivity index (χ0v) is 22.5. The third-order valence-electron chi connectivity index (χ3n) is 8.23. The maximum absolute atomic E-state index is 14.0. The lowest BCUT2D eigenvalue weighted by Gasteiger charge is -2.50. The van der Waals surface area contributed by atoms with E-state index in [1.165, 1.54) is 32.2 Å². The molecule has 0 aliphatic heterocycles. The minimum absolute atomic E-state index is 0.0306. The fraction of sp³-hybridized carbons (Fsp3) is 0.310. The van der Waals surface area contributed by atoms with Crippen molar-refractivity contribution in [3.8, 4) is 16.9 Å². The van der Waals surface area contributed by atoms with Gasteiger partial charge in [-0.2, -0.15) is 0 Å². The normalized spacial score (nSPS) is 25.5. The van der Waals surface area contributed by atoms with E-state index in [4.69, 9.17) is 10.6 Å². The van der Waals surface area contributed by atoms with Crippen molar-refractivity contribution in [1.29, 1.82) is 0 Å². The van der Waals surface area contributed by atoms with Gasteiger partial charge in [-0.15, -0.1) is 0 Å². The summed E-state index contributed by atoms with van der Waals surface area (Å²) in [6, 6.07) is 8.39. The van der Waals surface area contributed by atoms with Crippen molar-refractivity contribution in [3.63, 3.8) is 0 Å². The molecule has 41 heavy (non-hydrogen) atoms. The summed E-state index contributed by atoms with van der Waals surface area (Å²) >= 11 is 0. The van der Waals surface area contributed by atoms with Gasteiger partial charge in [-0.3, -0.25) is 28.9 Å². The maximum atomic E-state index is 14.0. The molecular weight excluding hydrogens is 534 g/mol. The molecule has 0 bridgehead atoms. The number of carbonyl (C=O) groups excluding carboxylic acids is 4. The number of carbonyl (C=O) groups is 4. The van der Waals surface area contributed by atoms with Gasteiger partial charge in [0, 0.05) is 17.1 Å². The van der Waals surface area contributed by atoms with Crippen molar-refractivity contribution in [3.05, 3.63) is 70.0 Å². The highest BCUT2D eigenvalue weighted by Crippen LogP contribution is 2.53. The molecule has 5 rings (SSSR count). The van der Waals surface area contributed by atoms with E-state index in [0.717, 1.165) is 0 Å². The Hall–Kier alpha value is -4.52. The van der Waals surface area contributed by atoms with Gasteiger partial charge < -0.3 is 26.2 Å². The Morgan fingerprint density at radius 2 is 1.83 bits per heavy atom. The molecule has 2 amide bonds. The third kappa shape index (κ3) is 4.02. The van der Waals surface area contributed by atoms with Crippen LogP contribution in [0.25, 0.3) is 16.9 Å². The summed E-state index contributed by atoms with van der Waals surface area (Å²) in [5.41, 5.74) is 5.70. The fourth-order valence-corrected chi connectivity index (χ4v) is 6.49. The van der Waals surface area contributed by atoms with Crippen LogP contribution >= 0.6 is 0 Å². The highest BCUT2D eigenvalue weighted by molar-refractivity contribution is 6.24. The van der Waals surface area contributed by atoms with Crippen molar-refractivity contribution < 1.29 is 44.4 Å². The predicted octanol–water partition coefficient (Wildman–Crippen LogP) is 0.922. The summed E-state index contributed by atoms with van der Waals surface area (Å²) in [5.74, 6) is -7.64. The van der Waals surface area contributed by atoms with E-state index in [-0.39, 0.29) is 29.7 Å². The van der Waals surface area contributed by atoms with Gasteiger partial charge >= 0.3 is 0 Å². The summed E-state index contributed by atoms with van der Waals surface area (Å²) in [5, 5.41) is 44.9. The SMILES string of the molecule is CONC(=O)c1cccc(-c2ccc(O)c3c2C[C@H]2C[C@H]4C(N(C)C)C(=O)C(C(N)=O)=C(O)[C@@]4(O)C(=O)C2=C3O)c1. The van der Waals surface area contributed by atoms with E-state index < -0.39 is 64.0 Å². The Morgan fingerprint density at radius 1 is 1.12 bits per heavy atom. The number of Topliss-reactive ketones (excluding diaryl/α,β-unsaturated/α-hetero) is 2. The van der Waals surface area contributed by atoms with Gasteiger partial charge in [-0.05, 0) is 67.7 Å². The average molecular weight is 564 g/mol. The number of hydrogen-bond donors (Lipinski definition) is 6. The molecule has 0 spiro atoms. The van der Waals surface area contributed by atoms with Crippen molar-refractivity contribution in [2.45, 2.75) is 24.5 Å². The number of nitrogens with two attached hydrogens (primary N) is 1. The number of primary amides is 1. The summed E-state index contributed by atoms with van der Waals surface area (Å²) in [6.07, 6.45) is 0.0872. The van der Waals surface area contributed by atoms with Crippen LogP contribution in [-0.4, -0.2) is 81.6 Å². The maximum Gasteiger partial charge on any atom is 0.274 e. The largest absolute Gasteiger partial charge is 0.508 e. The number of phenolic OH excluding ortho intramolecular Hbond substituents is 1. The van der Waals surface area contributed by atoms with Crippen molar-refractivity contribution >= 4 is 29.1 Å². The van der Waals surface area contributed by atoms with Gasteiger partial charge in [0.05, 0.1) is 18.7 Å². The van der Waals surface area contributed by atoms with Gasteiger partial charge in [-0.25, -0.2) is 5.48 Å². The van der Waals surface area contributed by atoms with E-state index in [1.807, 2.05) is 0 Å². The smallest absolute Gasteiger partial charge is 0.274 e. The van der Waals surface area contributed by atoms with Crippen LogP contribution in [0.3, 0.4) is 0 Å². The Morgan fingerprint density at radius 3 is 2.46 bits per heavy atom. The molecule has 3 aliphatic carbocycles. The van der Waals surface area contributed by atoms with E-state index in [0.29, 0.717) is 22.3 Å². The van der Waals surface area contributed by atoms with E-state index >= 15 is 0 Å². The van der Waals surface area contributed by atoms with E-state index in [2.05, 4.69) is 5.48 Å². The van der Waals surface area contributed by atoms with Crippen molar-refractivity contribution in [2.24, 2.45) is 17.6 Å². The number of hydroxylamine groups is 1. The zero-order chi connectivity index (χ0) is 30.0. The third-order valence-corrected chi connectivity index (χ3v) is 8.23. The fourth-order valence-electron chi connectivity index (χ4n) is 6.49. The second kappa shape index (κ2) is 9.84. The Kier molecular flexibility index (Phi) is 6.72. The molecule has 1 fully saturated rings. The molecular formula is C29H29N3O9. The second-order valence-electron chi connectivity index (χ2n) is 10.7. The molecule has 3 aliphatic rings. The van der Waals surface area contributed by atoms with Crippen molar-refractivity contribution in [2.75, 3.05) is 21.2 Å². The molecule has 4 atom stereocenters. The number of nitrogens with zero attached hydrogens (tertiary/aromatic N) is 1. The second-order valence-corrected chi connectivity index (χ2v) is 10.7. The summed E-state index contributed by atoms with van der Waals surface area (Å²) in [7, 11) is 4.38. The molecule has 0 aromatic heterocycles. The molecule has 12 heteroatoms. The predicted molar refractivity (Wildman–Crippen MR) is 144 cm³/mol. The minimum Gasteiger partial charge on any atom is -0.508 e. The number of aliphatic hydroxyl groups is 3. The first kappa shape index (κ1) is 28.0. The first-order chi connectivity index (χ1) is 19.3. The summed E-state index contributed by atoms with van der Waals surface area (Å²) in [4.78, 5) is 57.8. The van der Waals surface area contributed by atoms with Gasteiger partial charge in [0.1, 0.15) is 22.8 Å². The lowest BCUT2D eigenvalue weighted by Crippen LogP contribution is -2.65. The van der Waals surface area contributed by atoms with Crippen LogP contribution < -0.4 is 11.2 Å². The summed E-state index contributed by atoms with van der Waals surface area (Å²) < 4.78 is 0. The Bertz CT molecular complexity index is 1590. The number of ketones is 2. The van der Waals surface area contributed by atoms with Gasteiger partial charge in [0.2, 0.25) is 5.78 Å². The molecule has 12 nitrogen and oxygen atoms in total. The summed E-state index contributed by atoms with van der Waals surface area (Å²) in [6.45, 7) is 0. The number of rotatable bonds is 5. The van der Waals surface area contributed by atoms with Crippen molar-refractivity contribution in [1.82, 2.24) is 10.4 Å². The number of hydrogen-bond acceptors (Lipinski definition) is 10. The van der Waals surface area contributed by atoms with Crippen LogP contribution in [0.4, 0.5) is 0 Å². The van der Waals surface area contributed by atoms with Gasteiger partial charge in [-0.1, -0.05) is 18.2 Å². The topological polar surface area (TPSA) is 200 Å². The van der Waals surface area contributed by atoms with E-state index in [9.17, 15) is 39.6 Å². The number of nitrogens with one attached hydrogen (secondary N) is 1. The molecule has 2 aromatic rings. The monoisotopic (exact) mass is 563 g/mol. The van der Waals surface area contributed by atoms with E-state index in [1.54, 1.807) is 30.3 Å². The first-order valence-corrected chi connectivity index (χ1v) is 12.8. The molecule has 0 radical (unpaired) electrons. The van der Waals surface area contributed by atoms with Crippen LogP contribution in [-0.2, 0) is 25.6 Å². The van der Waals surface area contributed by atoms with Crippen LogP contribution in [0, 0.1) is 11.8 Å². The number of aliphatic hydroxyl groups excluding tert-OH is 2.